The summed E-state index contributed by atoms with van der Waals surface area (Å²) in [6, 6.07) is 7.13. The average molecular weight is 285 g/mol. The van der Waals surface area contributed by atoms with Crippen molar-refractivity contribution in [3.63, 3.8) is 0 Å². The smallest absolute Gasteiger partial charge is 0.155 e. The SMILES string of the molecule is CCS(=O)(=O)[C@@H]1[C@@H](c2ccc(OC)cc2)[C@]1(N)CO. The number of methoxy groups -OCH3 is 1. The highest BCUT2D eigenvalue weighted by Gasteiger charge is 2.68. The number of aliphatic hydroxyl groups excluding tert-OH is 1. The number of aliphatic hydroxyl groups is 1. The van der Waals surface area contributed by atoms with Gasteiger partial charge in [-0.3, -0.25) is 0 Å². The number of rotatable bonds is 5. The van der Waals surface area contributed by atoms with E-state index in [1.54, 1.807) is 38.3 Å². The molecule has 0 heterocycles. The third-order valence-corrected chi connectivity index (χ3v) is 6.13. The number of ether oxygens (including phenoxy) is 1. The van der Waals surface area contributed by atoms with Crippen molar-refractivity contribution in [3.8, 4) is 5.75 Å². The van der Waals surface area contributed by atoms with Crippen molar-refractivity contribution >= 4 is 9.84 Å². The zero-order chi connectivity index (χ0) is 14.3. The van der Waals surface area contributed by atoms with Gasteiger partial charge in [0.25, 0.3) is 0 Å². The molecule has 1 aromatic carbocycles. The first-order valence-electron chi connectivity index (χ1n) is 6.16. The van der Waals surface area contributed by atoms with Gasteiger partial charge in [0.2, 0.25) is 0 Å². The first-order chi connectivity index (χ1) is 8.90. The molecule has 5 nitrogen and oxygen atoms in total. The normalized spacial score (nSPS) is 30.1. The van der Waals surface area contributed by atoms with Gasteiger partial charge in [-0.2, -0.15) is 0 Å². The lowest BCUT2D eigenvalue weighted by Crippen LogP contribution is -2.35. The standard InChI is InChI=1S/C13H19NO4S/c1-3-19(16,17)12-11(13(12,14)8-15)9-4-6-10(18-2)7-5-9/h4-7,11-12,15H,3,8,14H2,1-2H3/t11-,12-,13-/m1/s1. The van der Waals surface area contributed by atoms with Crippen LogP contribution in [0.4, 0.5) is 0 Å². The number of hydrogen-bond donors (Lipinski definition) is 2. The molecule has 0 saturated heterocycles. The Morgan fingerprint density at radius 1 is 1.37 bits per heavy atom. The molecule has 1 saturated carbocycles. The van der Waals surface area contributed by atoms with E-state index < -0.39 is 20.6 Å². The number of hydrogen-bond acceptors (Lipinski definition) is 5. The molecule has 0 amide bonds. The van der Waals surface area contributed by atoms with Gasteiger partial charge in [0.15, 0.2) is 9.84 Å². The fourth-order valence-electron chi connectivity index (χ4n) is 2.63. The molecule has 0 aliphatic heterocycles. The summed E-state index contributed by atoms with van der Waals surface area (Å²) < 4.78 is 29.1. The molecule has 6 heteroatoms. The van der Waals surface area contributed by atoms with Crippen LogP contribution in [0.3, 0.4) is 0 Å². The van der Waals surface area contributed by atoms with E-state index in [9.17, 15) is 13.5 Å². The van der Waals surface area contributed by atoms with Crippen LogP contribution in [0.25, 0.3) is 0 Å². The first-order valence-corrected chi connectivity index (χ1v) is 7.87. The molecule has 2 rings (SSSR count). The monoisotopic (exact) mass is 285 g/mol. The topological polar surface area (TPSA) is 89.6 Å². The van der Waals surface area contributed by atoms with Crippen molar-refractivity contribution in [1.82, 2.24) is 0 Å². The van der Waals surface area contributed by atoms with Crippen LogP contribution < -0.4 is 10.5 Å². The maximum Gasteiger partial charge on any atom is 0.155 e. The Kier molecular flexibility index (Phi) is 3.59. The summed E-state index contributed by atoms with van der Waals surface area (Å²) in [5, 5.41) is 8.71. The van der Waals surface area contributed by atoms with E-state index in [0.29, 0.717) is 5.75 Å². The van der Waals surface area contributed by atoms with Crippen molar-refractivity contribution in [3.05, 3.63) is 29.8 Å². The van der Waals surface area contributed by atoms with Crippen LogP contribution in [-0.4, -0.2) is 43.8 Å². The summed E-state index contributed by atoms with van der Waals surface area (Å²) in [7, 11) is -1.71. The Morgan fingerprint density at radius 2 is 1.95 bits per heavy atom. The van der Waals surface area contributed by atoms with E-state index in [-0.39, 0.29) is 18.3 Å². The summed E-state index contributed by atoms with van der Waals surface area (Å²) >= 11 is 0. The third kappa shape index (κ3) is 2.24. The second-order valence-corrected chi connectivity index (χ2v) is 7.30. The Balaban J connectivity index is 2.34. The van der Waals surface area contributed by atoms with E-state index in [4.69, 9.17) is 10.5 Å². The Hall–Kier alpha value is -1.11. The molecule has 0 aromatic heterocycles. The molecule has 1 aliphatic carbocycles. The summed E-state index contributed by atoms with van der Waals surface area (Å²) in [4.78, 5) is 0. The minimum absolute atomic E-state index is 0.0310. The summed E-state index contributed by atoms with van der Waals surface area (Å²) in [5.74, 6) is 0.378. The fourth-order valence-corrected chi connectivity index (χ4v) is 4.62. The first kappa shape index (κ1) is 14.3. The molecule has 1 fully saturated rings. The average Bonchev–Trinajstić information content (AvgIpc) is 3.07. The van der Waals surface area contributed by atoms with Gasteiger partial charge in [0, 0.05) is 11.7 Å². The lowest BCUT2D eigenvalue weighted by atomic mass is 10.1. The highest BCUT2D eigenvalue weighted by molar-refractivity contribution is 7.92. The predicted octanol–water partition coefficient (Wildman–Crippen LogP) is 0.286. The molecule has 3 atom stereocenters. The summed E-state index contributed by atoms with van der Waals surface area (Å²) in [6.45, 7) is 1.25. The van der Waals surface area contributed by atoms with Crippen LogP contribution >= 0.6 is 0 Å². The molecule has 0 bridgehead atoms. The molecule has 0 spiro atoms. The van der Waals surface area contributed by atoms with E-state index in [2.05, 4.69) is 0 Å². The molecule has 1 aliphatic rings. The minimum Gasteiger partial charge on any atom is -0.497 e. The van der Waals surface area contributed by atoms with Gasteiger partial charge in [-0.25, -0.2) is 8.42 Å². The van der Waals surface area contributed by atoms with Crippen molar-refractivity contribution in [2.45, 2.75) is 23.6 Å². The fraction of sp³-hybridized carbons (Fsp3) is 0.538. The van der Waals surface area contributed by atoms with Gasteiger partial charge >= 0.3 is 0 Å². The Bertz CT molecular complexity index is 555. The highest BCUT2D eigenvalue weighted by atomic mass is 32.2. The number of nitrogens with two attached hydrogens (primary N) is 1. The van der Waals surface area contributed by atoms with Gasteiger partial charge in [0.1, 0.15) is 5.75 Å². The van der Waals surface area contributed by atoms with Crippen LogP contribution in [0.15, 0.2) is 24.3 Å². The second kappa shape index (κ2) is 4.77. The van der Waals surface area contributed by atoms with Gasteiger partial charge in [0.05, 0.1) is 24.5 Å². The highest BCUT2D eigenvalue weighted by Crippen LogP contribution is 2.54. The number of sulfone groups is 1. The maximum absolute atomic E-state index is 12.0. The van der Waals surface area contributed by atoms with Crippen molar-refractivity contribution in [2.75, 3.05) is 19.5 Å². The molecular formula is C13H19NO4S. The van der Waals surface area contributed by atoms with Gasteiger partial charge in [-0.15, -0.1) is 0 Å². The predicted molar refractivity (Wildman–Crippen MR) is 73.0 cm³/mol. The molecule has 3 N–H and O–H groups in total. The van der Waals surface area contributed by atoms with Crippen LogP contribution in [-0.2, 0) is 9.84 Å². The molecule has 0 unspecified atom stereocenters. The summed E-state index contributed by atoms with van der Waals surface area (Å²) in [6.07, 6.45) is 0. The molecule has 106 valence electrons. The Morgan fingerprint density at radius 3 is 2.37 bits per heavy atom. The molecule has 1 aromatic rings. The quantitative estimate of drug-likeness (QED) is 0.811. The van der Waals surface area contributed by atoms with E-state index in [1.807, 2.05) is 0 Å². The minimum atomic E-state index is -3.27. The lowest BCUT2D eigenvalue weighted by molar-refractivity contribution is 0.253. The van der Waals surface area contributed by atoms with Crippen LogP contribution in [0, 0.1) is 0 Å². The Labute approximate surface area is 113 Å². The van der Waals surface area contributed by atoms with E-state index in [1.165, 1.54) is 0 Å². The van der Waals surface area contributed by atoms with Gasteiger partial charge in [-0.05, 0) is 17.7 Å². The second-order valence-electron chi connectivity index (χ2n) is 4.89. The van der Waals surface area contributed by atoms with E-state index >= 15 is 0 Å². The van der Waals surface area contributed by atoms with E-state index in [0.717, 1.165) is 5.56 Å². The van der Waals surface area contributed by atoms with Gasteiger partial charge in [-0.1, -0.05) is 19.1 Å². The molecular weight excluding hydrogens is 266 g/mol. The number of benzene rings is 1. The third-order valence-electron chi connectivity index (χ3n) is 3.84. The molecule has 19 heavy (non-hydrogen) atoms. The van der Waals surface area contributed by atoms with Crippen molar-refractivity contribution < 1.29 is 18.3 Å². The zero-order valence-corrected chi connectivity index (χ0v) is 11.9. The van der Waals surface area contributed by atoms with Gasteiger partial charge < -0.3 is 15.6 Å². The molecule has 0 radical (unpaired) electrons. The van der Waals surface area contributed by atoms with Crippen molar-refractivity contribution in [2.24, 2.45) is 5.73 Å². The van der Waals surface area contributed by atoms with Crippen LogP contribution in [0.2, 0.25) is 0 Å². The van der Waals surface area contributed by atoms with Crippen LogP contribution in [0.5, 0.6) is 5.75 Å². The summed E-state index contributed by atoms with van der Waals surface area (Å²) in [5.41, 5.74) is 5.79. The van der Waals surface area contributed by atoms with Crippen molar-refractivity contribution in [1.29, 1.82) is 0 Å². The largest absolute Gasteiger partial charge is 0.497 e. The van der Waals surface area contributed by atoms with Crippen LogP contribution in [0.1, 0.15) is 18.4 Å². The maximum atomic E-state index is 12.0. The lowest BCUT2D eigenvalue weighted by Gasteiger charge is -2.07. The zero-order valence-electron chi connectivity index (χ0n) is 11.0.